The summed E-state index contributed by atoms with van der Waals surface area (Å²) in [6, 6.07) is 0. The minimum Gasteiger partial charge on any atom is -0.622 e. The molecule has 0 radical (unpaired) electrons. The van der Waals surface area contributed by atoms with E-state index in [1.54, 1.807) is 0 Å². The zero-order valence-electron chi connectivity index (χ0n) is 6.07. The van der Waals surface area contributed by atoms with Gasteiger partial charge in [-0.1, -0.05) is 0 Å². The molecule has 0 aromatic carbocycles. The van der Waals surface area contributed by atoms with E-state index in [4.69, 9.17) is 9.05 Å². The van der Waals surface area contributed by atoms with Gasteiger partial charge in [0.15, 0.2) is 0 Å². The Hall–Kier alpha value is 0.660. The molecule has 2 atom stereocenters. The molecule has 1 aliphatic rings. The third-order valence-electron chi connectivity index (χ3n) is 1.06. The van der Waals surface area contributed by atoms with E-state index in [1.165, 1.54) is 11.4 Å². The predicted octanol–water partition coefficient (Wildman–Crippen LogP) is 1.21. The van der Waals surface area contributed by atoms with Crippen molar-refractivity contribution in [1.29, 1.82) is 0 Å². The third kappa shape index (κ3) is 2.07. The molecule has 5 heteroatoms. The highest BCUT2D eigenvalue weighted by Gasteiger charge is 2.41. The highest BCUT2D eigenvalue weighted by atomic mass is 32.7. The van der Waals surface area contributed by atoms with Crippen LogP contribution in [0.25, 0.3) is 0 Å². The van der Waals surface area contributed by atoms with Gasteiger partial charge in [-0.2, -0.15) is 9.05 Å². The first-order valence-electron chi connectivity index (χ1n) is 3.24. The zero-order chi connectivity index (χ0) is 7.61. The van der Waals surface area contributed by atoms with E-state index >= 15 is 0 Å². The van der Waals surface area contributed by atoms with Crippen LogP contribution in [-0.4, -0.2) is 18.5 Å². The lowest BCUT2D eigenvalue weighted by Gasteiger charge is -2.18. The first-order chi connectivity index (χ1) is 4.66. The van der Waals surface area contributed by atoms with Crippen LogP contribution in [0.4, 0.5) is 0 Å². The maximum atomic E-state index is 11.3. The van der Waals surface area contributed by atoms with Gasteiger partial charge < -0.3 is 4.89 Å². The molecule has 1 aliphatic heterocycles. The van der Waals surface area contributed by atoms with Crippen LogP contribution in [0.3, 0.4) is 0 Å². The van der Waals surface area contributed by atoms with E-state index in [-0.39, 0.29) is 6.10 Å². The van der Waals surface area contributed by atoms with Crippen LogP contribution in [0.5, 0.6) is 0 Å². The Bertz CT molecular complexity index is 119. The molecular weight excluding hydrogens is 171 g/mol. The van der Waals surface area contributed by atoms with Crippen LogP contribution >= 0.6 is 18.5 Å². The van der Waals surface area contributed by atoms with Gasteiger partial charge in [0.05, 0.1) is 23.7 Å². The summed E-state index contributed by atoms with van der Waals surface area (Å²) in [6.07, 6.45) is 0.0717. The predicted molar refractivity (Wildman–Crippen MR) is 41.6 cm³/mol. The molecule has 0 amide bonds. The molecule has 1 heterocycles. The highest BCUT2D eigenvalue weighted by molar-refractivity contribution is 8.57. The SMILES string of the molecule is CCO[P+]1([O-])O[C@@H](C)CS1. The molecule has 0 spiro atoms. The monoisotopic (exact) mass is 182 g/mol. The second-order valence-electron chi connectivity index (χ2n) is 2.08. The fraction of sp³-hybridized carbons (Fsp3) is 1.00. The van der Waals surface area contributed by atoms with E-state index in [1.807, 2.05) is 13.8 Å². The summed E-state index contributed by atoms with van der Waals surface area (Å²) in [7, 11) is -2.71. The molecule has 60 valence electrons. The number of hydrogen-bond donors (Lipinski definition) is 0. The van der Waals surface area contributed by atoms with Gasteiger partial charge in [-0.3, -0.25) is 0 Å². The van der Waals surface area contributed by atoms with Gasteiger partial charge in [-0.05, 0) is 13.8 Å². The molecule has 0 bridgehead atoms. The van der Waals surface area contributed by atoms with Crippen LogP contribution < -0.4 is 4.89 Å². The fourth-order valence-corrected chi connectivity index (χ4v) is 4.63. The Balaban J connectivity index is 2.38. The van der Waals surface area contributed by atoms with Gasteiger partial charge in [0.25, 0.3) is 7.15 Å². The molecule has 3 nitrogen and oxygen atoms in total. The Kier molecular flexibility index (Phi) is 2.95. The molecule has 0 N–H and O–H groups in total. The van der Waals surface area contributed by atoms with E-state index in [0.29, 0.717) is 6.61 Å². The second-order valence-corrected chi connectivity index (χ2v) is 6.15. The minimum absolute atomic E-state index is 0.0717. The molecule has 1 fully saturated rings. The zero-order valence-corrected chi connectivity index (χ0v) is 7.78. The molecule has 0 aromatic rings. The lowest BCUT2D eigenvalue weighted by molar-refractivity contribution is -0.209. The molecule has 1 unspecified atom stereocenters. The first kappa shape index (κ1) is 8.75. The molecule has 0 saturated carbocycles. The van der Waals surface area contributed by atoms with Gasteiger partial charge >= 0.3 is 0 Å². The standard InChI is InChI=1S/C5H11O3PS/c1-3-7-9(6)8-5(2)4-10-9/h5H,3-4H2,1-2H3/t5-,9?/m0/s1. The van der Waals surface area contributed by atoms with Crippen LogP contribution in [0.2, 0.25) is 0 Å². The summed E-state index contributed by atoms with van der Waals surface area (Å²) in [4.78, 5) is 11.3. The Morgan fingerprint density at radius 1 is 1.90 bits per heavy atom. The highest BCUT2D eigenvalue weighted by Crippen LogP contribution is 2.69. The normalized spacial score (nSPS) is 40.5. The minimum atomic E-state index is -2.71. The molecular formula is C5H11O3PS. The van der Waals surface area contributed by atoms with Gasteiger partial charge in [0, 0.05) is 0 Å². The van der Waals surface area contributed by atoms with E-state index in [2.05, 4.69) is 0 Å². The average Bonchev–Trinajstić information content (AvgIpc) is 2.12. The van der Waals surface area contributed by atoms with Crippen LogP contribution in [0.1, 0.15) is 13.8 Å². The molecule has 10 heavy (non-hydrogen) atoms. The topological polar surface area (TPSA) is 41.5 Å². The van der Waals surface area contributed by atoms with Crippen molar-refractivity contribution in [2.75, 3.05) is 12.4 Å². The van der Waals surface area contributed by atoms with E-state index < -0.39 is 7.15 Å². The number of rotatable bonds is 2. The smallest absolute Gasteiger partial charge is 0.299 e. The molecule has 0 aromatic heterocycles. The van der Waals surface area contributed by atoms with Gasteiger partial charge in [0.1, 0.15) is 6.10 Å². The fourth-order valence-electron chi connectivity index (χ4n) is 0.703. The van der Waals surface area contributed by atoms with Crippen LogP contribution in [-0.2, 0) is 9.05 Å². The molecule has 1 saturated heterocycles. The maximum absolute atomic E-state index is 11.3. The van der Waals surface area contributed by atoms with E-state index in [9.17, 15) is 4.89 Å². The van der Waals surface area contributed by atoms with Crippen molar-refractivity contribution < 1.29 is 13.9 Å². The first-order valence-corrected chi connectivity index (χ1v) is 6.37. The quantitative estimate of drug-likeness (QED) is 0.602. The van der Waals surface area contributed by atoms with Gasteiger partial charge in [-0.25, -0.2) is 0 Å². The van der Waals surface area contributed by atoms with Crippen molar-refractivity contribution in [2.45, 2.75) is 20.0 Å². The Labute approximate surface area is 65.4 Å². The number of hydrogen-bond acceptors (Lipinski definition) is 4. The Morgan fingerprint density at radius 3 is 3.00 bits per heavy atom. The molecule has 0 aliphatic carbocycles. The summed E-state index contributed by atoms with van der Waals surface area (Å²) >= 11 is 1.29. The van der Waals surface area contributed by atoms with Crippen molar-refractivity contribution >= 4 is 18.5 Å². The lowest BCUT2D eigenvalue weighted by atomic mass is 10.5. The van der Waals surface area contributed by atoms with Crippen LogP contribution in [0.15, 0.2) is 0 Å². The van der Waals surface area contributed by atoms with Gasteiger partial charge in [0.2, 0.25) is 0 Å². The van der Waals surface area contributed by atoms with Crippen LogP contribution in [0, 0.1) is 0 Å². The Morgan fingerprint density at radius 2 is 2.60 bits per heavy atom. The van der Waals surface area contributed by atoms with Gasteiger partial charge in [-0.15, -0.1) is 0 Å². The van der Waals surface area contributed by atoms with Crippen molar-refractivity contribution in [3.63, 3.8) is 0 Å². The molecule has 1 rings (SSSR count). The summed E-state index contributed by atoms with van der Waals surface area (Å²) in [5, 5.41) is 0. The summed E-state index contributed by atoms with van der Waals surface area (Å²) in [5.41, 5.74) is 0. The average molecular weight is 182 g/mol. The summed E-state index contributed by atoms with van der Waals surface area (Å²) in [6.45, 7) is 4.16. The maximum Gasteiger partial charge on any atom is 0.299 e. The van der Waals surface area contributed by atoms with Crippen molar-refractivity contribution in [1.82, 2.24) is 0 Å². The van der Waals surface area contributed by atoms with Crippen molar-refractivity contribution in [3.05, 3.63) is 0 Å². The third-order valence-corrected chi connectivity index (χ3v) is 5.16. The summed E-state index contributed by atoms with van der Waals surface area (Å²) in [5.74, 6) is 0.775. The van der Waals surface area contributed by atoms with E-state index in [0.717, 1.165) is 5.75 Å². The van der Waals surface area contributed by atoms with Crippen molar-refractivity contribution in [3.8, 4) is 0 Å². The summed E-state index contributed by atoms with van der Waals surface area (Å²) < 4.78 is 10.0. The second kappa shape index (κ2) is 3.37. The van der Waals surface area contributed by atoms with Crippen molar-refractivity contribution in [2.24, 2.45) is 0 Å². The lowest BCUT2D eigenvalue weighted by Crippen LogP contribution is -2.11. The largest absolute Gasteiger partial charge is 0.622 e.